The lowest BCUT2D eigenvalue weighted by Gasteiger charge is -2.08. The topological polar surface area (TPSA) is 34.0 Å². The fourth-order valence-electron chi connectivity index (χ4n) is 2.96. The molecule has 21 heavy (non-hydrogen) atoms. The van der Waals surface area contributed by atoms with Crippen LogP contribution in [0.4, 0.5) is 0 Å². The predicted molar refractivity (Wildman–Crippen MR) is 86.9 cm³/mol. The summed E-state index contributed by atoms with van der Waals surface area (Å²) in [7, 11) is 0. The minimum absolute atomic E-state index is 0.119. The molecule has 1 N–H and O–H groups in total. The van der Waals surface area contributed by atoms with Crippen LogP contribution in [0.2, 0.25) is 0 Å². The van der Waals surface area contributed by atoms with Crippen molar-refractivity contribution in [2.45, 2.75) is 45.6 Å². The highest BCUT2D eigenvalue weighted by Crippen LogP contribution is 2.38. The third-order valence-corrected chi connectivity index (χ3v) is 5.01. The average molecular weight is 302 g/mol. The van der Waals surface area contributed by atoms with Crippen molar-refractivity contribution in [3.05, 3.63) is 45.4 Å². The maximum absolute atomic E-state index is 11.9. The van der Waals surface area contributed by atoms with Crippen LogP contribution in [-0.2, 0) is 17.6 Å². The minimum atomic E-state index is 0.119. The molecular weight excluding hydrogens is 280 g/mol. The van der Waals surface area contributed by atoms with Gasteiger partial charge >= 0.3 is 0 Å². The van der Waals surface area contributed by atoms with Crippen LogP contribution in [0.15, 0.2) is 23.6 Å². The largest absolute Gasteiger partial charge is 0.355 e. The Balaban J connectivity index is 1.51. The van der Waals surface area contributed by atoms with Gasteiger partial charge in [0.25, 0.3) is 0 Å². The molecule has 0 radical (unpaired) electrons. The standard InChI is InChI=1S/C17H22N2OS/c1-12-10-14(13(2)19(12)15-5-6-15)7-8-18-17(20)11-16-4-3-9-21-16/h3-4,9-10,15H,5-8,11H2,1-2H3,(H,18,20). The number of rotatable bonds is 6. The normalized spacial score (nSPS) is 14.4. The number of aromatic nitrogens is 1. The van der Waals surface area contributed by atoms with Gasteiger partial charge in [0.2, 0.25) is 5.91 Å². The summed E-state index contributed by atoms with van der Waals surface area (Å²) in [6.07, 6.45) is 4.04. The van der Waals surface area contributed by atoms with Gasteiger partial charge in [-0.25, -0.2) is 0 Å². The third kappa shape index (κ3) is 3.38. The summed E-state index contributed by atoms with van der Waals surface area (Å²) in [5.41, 5.74) is 4.10. The molecule has 0 aromatic carbocycles. The fourth-order valence-corrected chi connectivity index (χ4v) is 3.67. The molecule has 4 heteroatoms. The molecule has 3 nitrogen and oxygen atoms in total. The molecule has 0 bridgehead atoms. The van der Waals surface area contributed by atoms with Crippen molar-refractivity contribution in [3.63, 3.8) is 0 Å². The van der Waals surface area contributed by atoms with Gasteiger partial charge in [-0.2, -0.15) is 0 Å². The molecule has 112 valence electrons. The highest BCUT2D eigenvalue weighted by atomic mass is 32.1. The van der Waals surface area contributed by atoms with Crippen LogP contribution in [0.3, 0.4) is 0 Å². The lowest BCUT2D eigenvalue weighted by atomic mass is 10.2. The number of thiophene rings is 1. The average Bonchev–Trinajstić information content (AvgIpc) is 3.06. The summed E-state index contributed by atoms with van der Waals surface area (Å²) in [4.78, 5) is 13.0. The molecule has 3 rings (SSSR count). The molecule has 2 aromatic rings. The third-order valence-electron chi connectivity index (χ3n) is 4.13. The summed E-state index contributed by atoms with van der Waals surface area (Å²) in [5.74, 6) is 0.119. The van der Waals surface area contributed by atoms with E-state index in [9.17, 15) is 4.79 Å². The van der Waals surface area contributed by atoms with Crippen LogP contribution in [0.25, 0.3) is 0 Å². The van der Waals surface area contributed by atoms with Crippen molar-refractivity contribution in [2.24, 2.45) is 0 Å². The molecule has 0 atom stereocenters. The van der Waals surface area contributed by atoms with E-state index in [-0.39, 0.29) is 5.91 Å². The van der Waals surface area contributed by atoms with Gasteiger partial charge in [-0.3, -0.25) is 4.79 Å². The molecule has 1 saturated carbocycles. The number of carbonyl (C=O) groups is 1. The van der Waals surface area contributed by atoms with Gasteiger partial charge in [0.15, 0.2) is 0 Å². The van der Waals surface area contributed by atoms with Crippen LogP contribution in [0.1, 0.15) is 40.7 Å². The molecule has 1 amide bonds. The predicted octanol–water partition coefficient (Wildman–Crippen LogP) is 3.40. The fraction of sp³-hybridized carbons (Fsp3) is 0.471. The van der Waals surface area contributed by atoms with Crippen LogP contribution < -0.4 is 5.32 Å². The van der Waals surface area contributed by atoms with E-state index < -0.39 is 0 Å². The van der Waals surface area contributed by atoms with Crippen molar-refractivity contribution >= 4 is 17.2 Å². The molecule has 0 aliphatic heterocycles. The Bertz CT molecular complexity index is 624. The Labute approximate surface area is 130 Å². The number of hydrogen-bond acceptors (Lipinski definition) is 2. The number of nitrogens with one attached hydrogen (secondary N) is 1. The summed E-state index contributed by atoms with van der Waals surface area (Å²) in [6.45, 7) is 5.11. The quantitative estimate of drug-likeness (QED) is 0.872. The van der Waals surface area contributed by atoms with Crippen molar-refractivity contribution in [2.75, 3.05) is 6.54 Å². The minimum Gasteiger partial charge on any atom is -0.355 e. The zero-order valence-electron chi connectivity index (χ0n) is 12.7. The molecule has 2 aromatic heterocycles. The van der Waals surface area contributed by atoms with E-state index in [1.165, 1.54) is 29.8 Å². The molecule has 1 aliphatic rings. The van der Waals surface area contributed by atoms with Crippen molar-refractivity contribution in [3.8, 4) is 0 Å². The van der Waals surface area contributed by atoms with Gasteiger partial charge in [-0.15, -0.1) is 11.3 Å². The van der Waals surface area contributed by atoms with E-state index >= 15 is 0 Å². The zero-order chi connectivity index (χ0) is 14.8. The van der Waals surface area contributed by atoms with Crippen LogP contribution >= 0.6 is 11.3 Å². The second-order valence-corrected chi connectivity index (χ2v) is 6.89. The van der Waals surface area contributed by atoms with Gasteiger partial charge in [-0.05, 0) is 56.2 Å². The Morgan fingerprint density at radius 3 is 2.90 bits per heavy atom. The van der Waals surface area contributed by atoms with E-state index in [2.05, 4.69) is 29.8 Å². The lowest BCUT2D eigenvalue weighted by molar-refractivity contribution is -0.120. The molecule has 0 saturated heterocycles. The SMILES string of the molecule is Cc1cc(CCNC(=O)Cc2cccs2)c(C)n1C1CC1. The molecule has 1 fully saturated rings. The number of carbonyl (C=O) groups excluding carboxylic acids is 1. The van der Waals surface area contributed by atoms with Crippen molar-refractivity contribution in [1.82, 2.24) is 9.88 Å². The van der Waals surface area contributed by atoms with E-state index in [4.69, 9.17) is 0 Å². The summed E-state index contributed by atoms with van der Waals surface area (Å²) in [5, 5.41) is 5.04. The van der Waals surface area contributed by atoms with Gasteiger partial charge in [0.05, 0.1) is 6.42 Å². The number of hydrogen-bond donors (Lipinski definition) is 1. The second-order valence-electron chi connectivity index (χ2n) is 5.85. The first kappa shape index (κ1) is 14.4. The second kappa shape index (κ2) is 6.06. The first-order valence-electron chi connectivity index (χ1n) is 7.61. The summed E-state index contributed by atoms with van der Waals surface area (Å²) in [6, 6.07) is 7.00. The maximum atomic E-state index is 11.9. The van der Waals surface area contributed by atoms with Crippen molar-refractivity contribution < 1.29 is 4.79 Å². The highest BCUT2D eigenvalue weighted by molar-refractivity contribution is 7.10. The first-order chi connectivity index (χ1) is 10.1. The van der Waals surface area contributed by atoms with E-state index in [0.717, 1.165) is 23.9 Å². The number of aryl methyl sites for hydroxylation is 1. The number of amides is 1. The highest BCUT2D eigenvalue weighted by Gasteiger charge is 2.26. The Hall–Kier alpha value is -1.55. The van der Waals surface area contributed by atoms with E-state index in [1.807, 2.05) is 17.5 Å². The number of nitrogens with zero attached hydrogens (tertiary/aromatic N) is 1. The molecule has 1 aliphatic carbocycles. The van der Waals surface area contributed by atoms with Gasteiger partial charge in [-0.1, -0.05) is 6.07 Å². The van der Waals surface area contributed by atoms with Crippen molar-refractivity contribution in [1.29, 1.82) is 0 Å². The zero-order valence-corrected chi connectivity index (χ0v) is 13.5. The van der Waals surface area contributed by atoms with E-state index in [0.29, 0.717) is 6.42 Å². The van der Waals surface area contributed by atoms with Crippen LogP contribution in [0.5, 0.6) is 0 Å². The smallest absolute Gasteiger partial charge is 0.225 e. The molecular formula is C17H22N2OS. The van der Waals surface area contributed by atoms with Gasteiger partial charge in [0, 0.05) is 28.9 Å². The van der Waals surface area contributed by atoms with Gasteiger partial charge < -0.3 is 9.88 Å². The molecule has 0 spiro atoms. The van der Waals surface area contributed by atoms with Crippen LogP contribution in [-0.4, -0.2) is 17.0 Å². The maximum Gasteiger partial charge on any atom is 0.225 e. The van der Waals surface area contributed by atoms with Crippen LogP contribution in [0, 0.1) is 13.8 Å². The Morgan fingerprint density at radius 1 is 1.43 bits per heavy atom. The van der Waals surface area contributed by atoms with E-state index in [1.54, 1.807) is 11.3 Å². The van der Waals surface area contributed by atoms with Gasteiger partial charge in [0.1, 0.15) is 0 Å². The summed E-state index contributed by atoms with van der Waals surface area (Å²) < 4.78 is 2.46. The Kier molecular flexibility index (Phi) is 4.15. The summed E-state index contributed by atoms with van der Waals surface area (Å²) >= 11 is 1.63. The molecule has 2 heterocycles. The Morgan fingerprint density at radius 2 is 2.24 bits per heavy atom. The first-order valence-corrected chi connectivity index (χ1v) is 8.49. The molecule has 0 unspecified atom stereocenters. The monoisotopic (exact) mass is 302 g/mol. The lowest BCUT2D eigenvalue weighted by Crippen LogP contribution is -2.27.